The summed E-state index contributed by atoms with van der Waals surface area (Å²) in [5.41, 5.74) is 0. The van der Waals surface area contributed by atoms with E-state index in [9.17, 15) is 0 Å². The summed E-state index contributed by atoms with van der Waals surface area (Å²) in [6.07, 6.45) is 3.08. The standard InChI is InChI=1S/C16H38Si2/c1-7-17(8-2,9-3)15-13-14-16-18(10-4,11-5)12-6/h7-16H2,1-6H3. The van der Waals surface area contributed by atoms with Crippen LogP contribution in [0, 0.1) is 0 Å². The predicted octanol–water partition coefficient (Wildman–Crippen LogP) is 6.78. The molecule has 0 nitrogen and oxygen atoms in total. The molecule has 0 unspecified atom stereocenters. The largest absolute Gasteiger partial charge is 0.0678 e. The zero-order chi connectivity index (χ0) is 14.1. The van der Waals surface area contributed by atoms with Crippen LogP contribution in [0.15, 0.2) is 0 Å². The maximum Gasteiger partial charge on any atom is 0.0527 e. The minimum Gasteiger partial charge on any atom is -0.0678 e. The molecule has 0 amide bonds. The third-order valence-electron chi connectivity index (χ3n) is 6.16. The van der Waals surface area contributed by atoms with Gasteiger partial charge in [-0.2, -0.15) is 0 Å². The van der Waals surface area contributed by atoms with Gasteiger partial charge in [0.15, 0.2) is 0 Å². The summed E-state index contributed by atoms with van der Waals surface area (Å²) < 4.78 is 0. The van der Waals surface area contributed by atoms with Crippen LogP contribution in [0.5, 0.6) is 0 Å². The first-order valence-electron chi connectivity index (χ1n) is 8.57. The maximum atomic E-state index is 2.45. The molecule has 0 bridgehead atoms. The summed E-state index contributed by atoms with van der Waals surface area (Å²) in [5.74, 6) is 0. The molecule has 18 heavy (non-hydrogen) atoms. The average molecular weight is 287 g/mol. The Bertz CT molecular complexity index is 155. The Morgan fingerprint density at radius 2 is 0.667 bits per heavy atom. The smallest absolute Gasteiger partial charge is 0.0527 e. The van der Waals surface area contributed by atoms with Crippen molar-refractivity contribution in [1.29, 1.82) is 0 Å². The summed E-state index contributed by atoms with van der Waals surface area (Å²) in [6, 6.07) is 12.3. The van der Waals surface area contributed by atoms with Crippen molar-refractivity contribution < 1.29 is 0 Å². The van der Waals surface area contributed by atoms with Gasteiger partial charge in [0, 0.05) is 0 Å². The fourth-order valence-corrected chi connectivity index (χ4v) is 10.7. The molecule has 0 saturated carbocycles. The van der Waals surface area contributed by atoms with Crippen LogP contribution in [0.25, 0.3) is 0 Å². The molecule has 0 aliphatic rings. The lowest BCUT2D eigenvalue weighted by Crippen LogP contribution is -2.32. The summed E-state index contributed by atoms with van der Waals surface area (Å²) in [4.78, 5) is 0. The second-order valence-corrected chi connectivity index (χ2v) is 17.6. The molecular formula is C16H38Si2. The van der Waals surface area contributed by atoms with E-state index >= 15 is 0 Å². The first-order chi connectivity index (χ1) is 8.57. The fraction of sp³-hybridized carbons (Fsp3) is 1.00. The molecule has 0 saturated heterocycles. The van der Waals surface area contributed by atoms with Gasteiger partial charge < -0.3 is 0 Å². The number of hydrogen-bond acceptors (Lipinski definition) is 0. The molecule has 0 aliphatic heterocycles. The molecule has 2 heteroatoms. The first-order valence-corrected chi connectivity index (χ1v) is 14.2. The van der Waals surface area contributed by atoms with Crippen LogP contribution in [0.4, 0.5) is 0 Å². The van der Waals surface area contributed by atoms with Crippen molar-refractivity contribution in [2.24, 2.45) is 0 Å². The van der Waals surface area contributed by atoms with Crippen LogP contribution in [0.3, 0.4) is 0 Å². The molecule has 0 N–H and O–H groups in total. The Morgan fingerprint density at radius 1 is 0.444 bits per heavy atom. The van der Waals surface area contributed by atoms with E-state index in [1.807, 2.05) is 0 Å². The Morgan fingerprint density at radius 3 is 0.833 bits per heavy atom. The molecule has 0 aliphatic carbocycles. The molecule has 0 aromatic heterocycles. The SMILES string of the molecule is CC[Si](CC)(CC)CCCC[Si](CC)(CC)CC. The van der Waals surface area contributed by atoms with Crippen LogP contribution < -0.4 is 0 Å². The van der Waals surface area contributed by atoms with Gasteiger partial charge in [-0.25, -0.2) is 0 Å². The Labute approximate surface area is 119 Å². The number of unbranched alkanes of at least 4 members (excludes halogenated alkanes) is 1. The highest BCUT2D eigenvalue weighted by Crippen LogP contribution is 2.31. The van der Waals surface area contributed by atoms with Crippen LogP contribution in [-0.4, -0.2) is 16.1 Å². The second-order valence-electron chi connectivity index (χ2n) is 6.33. The average Bonchev–Trinajstić information content (AvgIpc) is 2.45. The quantitative estimate of drug-likeness (QED) is 0.290. The van der Waals surface area contributed by atoms with E-state index in [0.717, 1.165) is 0 Å². The van der Waals surface area contributed by atoms with Crippen molar-refractivity contribution >= 4 is 16.1 Å². The van der Waals surface area contributed by atoms with E-state index < -0.39 is 16.1 Å². The Kier molecular flexibility index (Phi) is 9.58. The van der Waals surface area contributed by atoms with Gasteiger partial charge >= 0.3 is 0 Å². The summed E-state index contributed by atoms with van der Waals surface area (Å²) in [7, 11) is -1.66. The minimum absolute atomic E-state index is 0.829. The van der Waals surface area contributed by atoms with Crippen molar-refractivity contribution in [2.45, 2.75) is 103 Å². The van der Waals surface area contributed by atoms with Crippen LogP contribution in [0.1, 0.15) is 54.4 Å². The fourth-order valence-electron chi connectivity index (χ4n) is 3.56. The summed E-state index contributed by atoms with van der Waals surface area (Å²) >= 11 is 0. The lowest BCUT2D eigenvalue weighted by Gasteiger charge is -2.30. The number of rotatable bonds is 11. The highest BCUT2D eigenvalue weighted by atomic mass is 28.3. The summed E-state index contributed by atoms with van der Waals surface area (Å²) in [5, 5.41) is 0. The van der Waals surface area contributed by atoms with E-state index in [2.05, 4.69) is 41.5 Å². The third-order valence-corrected chi connectivity index (χ3v) is 18.0. The second kappa shape index (κ2) is 9.36. The lowest BCUT2D eigenvalue weighted by atomic mass is 10.4. The molecule has 0 heterocycles. The van der Waals surface area contributed by atoms with E-state index in [1.165, 1.54) is 49.1 Å². The molecule has 0 rings (SSSR count). The monoisotopic (exact) mass is 286 g/mol. The Hall–Kier alpha value is 0.434. The molecule has 0 fully saturated rings. The van der Waals surface area contributed by atoms with Crippen molar-refractivity contribution in [2.75, 3.05) is 0 Å². The molecular weight excluding hydrogens is 248 g/mol. The molecule has 0 spiro atoms. The van der Waals surface area contributed by atoms with Crippen LogP contribution in [0.2, 0.25) is 48.4 Å². The van der Waals surface area contributed by atoms with Gasteiger partial charge in [0.25, 0.3) is 0 Å². The molecule has 0 radical (unpaired) electrons. The van der Waals surface area contributed by atoms with Gasteiger partial charge in [0.05, 0.1) is 16.1 Å². The van der Waals surface area contributed by atoms with Crippen molar-refractivity contribution in [3.63, 3.8) is 0 Å². The van der Waals surface area contributed by atoms with Crippen molar-refractivity contribution in [3.05, 3.63) is 0 Å². The zero-order valence-corrected chi connectivity index (χ0v) is 16.1. The van der Waals surface area contributed by atoms with E-state index in [-0.39, 0.29) is 0 Å². The van der Waals surface area contributed by atoms with Gasteiger partial charge in [-0.1, -0.05) is 103 Å². The van der Waals surface area contributed by atoms with Crippen LogP contribution in [-0.2, 0) is 0 Å². The van der Waals surface area contributed by atoms with Gasteiger partial charge in [-0.05, 0) is 0 Å². The zero-order valence-electron chi connectivity index (χ0n) is 14.1. The van der Waals surface area contributed by atoms with Gasteiger partial charge in [-0.15, -0.1) is 0 Å². The lowest BCUT2D eigenvalue weighted by molar-refractivity contribution is 0.827. The number of hydrogen-bond donors (Lipinski definition) is 0. The normalized spacial score (nSPS) is 13.0. The van der Waals surface area contributed by atoms with E-state index in [4.69, 9.17) is 0 Å². The molecule has 0 aromatic carbocycles. The predicted molar refractivity (Wildman–Crippen MR) is 93.2 cm³/mol. The van der Waals surface area contributed by atoms with E-state index in [1.54, 1.807) is 12.1 Å². The van der Waals surface area contributed by atoms with Gasteiger partial charge in [0.2, 0.25) is 0 Å². The van der Waals surface area contributed by atoms with Crippen molar-refractivity contribution in [3.8, 4) is 0 Å². The summed E-state index contributed by atoms with van der Waals surface area (Å²) in [6.45, 7) is 14.7. The van der Waals surface area contributed by atoms with Gasteiger partial charge in [-0.3, -0.25) is 0 Å². The third kappa shape index (κ3) is 5.20. The topological polar surface area (TPSA) is 0 Å². The van der Waals surface area contributed by atoms with Gasteiger partial charge in [0.1, 0.15) is 0 Å². The molecule has 110 valence electrons. The molecule has 0 aromatic rings. The highest BCUT2D eigenvalue weighted by Gasteiger charge is 2.28. The van der Waals surface area contributed by atoms with Crippen molar-refractivity contribution in [1.82, 2.24) is 0 Å². The van der Waals surface area contributed by atoms with Crippen LogP contribution >= 0.6 is 0 Å². The molecule has 0 atom stereocenters. The maximum absolute atomic E-state index is 2.45. The van der Waals surface area contributed by atoms with E-state index in [0.29, 0.717) is 0 Å². The Balaban J connectivity index is 4.11. The first kappa shape index (κ1) is 18.4. The highest BCUT2D eigenvalue weighted by molar-refractivity contribution is 6.80. The minimum atomic E-state index is -0.829.